The number of hydrogen-bond donors (Lipinski definition) is 1. The number of alkyl carbamates (subject to hydrolysis) is 1. The summed E-state index contributed by atoms with van der Waals surface area (Å²) in [6, 6.07) is 18.4. The first-order chi connectivity index (χ1) is 13.4. The van der Waals surface area contributed by atoms with Gasteiger partial charge in [0.05, 0.1) is 0 Å². The van der Waals surface area contributed by atoms with E-state index >= 15 is 0 Å². The first-order valence-corrected chi connectivity index (χ1v) is 9.90. The first-order valence-electron chi connectivity index (χ1n) is 9.90. The summed E-state index contributed by atoms with van der Waals surface area (Å²) >= 11 is 0. The van der Waals surface area contributed by atoms with E-state index in [9.17, 15) is 4.79 Å². The largest absolute Gasteiger partial charge is 0.489 e. The van der Waals surface area contributed by atoms with E-state index in [1.165, 1.54) is 0 Å². The van der Waals surface area contributed by atoms with E-state index in [4.69, 9.17) is 9.47 Å². The Kier molecular flexibility index (Phi) is 6.45. The van der Waals surface area contributed by atoms with Crippen LogP contribution in [0.3, 0.4) is 0 Å². The van der Waals surface area contributed by atoms with Crippen LogP contribution in [0.25, 0.3) is 0 Å². The summed E-state index contributed by atoms with van der Waals surface area (Å²) in [6.45, 7) is 7.91. The normalized spacial score (nSPS) is 17.1. The van der Waals surface area contributed by atoms with Gasteiger partial charge >= 0.3 is 6.09 Å². The van der Waals surface area contributed by atoms with Gasteiger partial charge in [-0.15, -0.1) is 0 Å². The molecule has 1 fully saturated rings. The topological polar surface area (TPSA) is 50.8 Å². The van der Waals surface area contributed by atoms with Gasteiger partial charge in [-0.05, 0) is 51.3 Å². The quantitative estimate of drug-likeness (QED) is 0.810. The zero-order chi connectivity index (χ0) is 20.0. The Morgan fingerprint density at radius 3 is 2.68 bits per heavy atom. The SMILES string of the molecule is CC(C)(C)OC(=O)NC1CCCN(c2cccc(OCc3ccccc3)c2)C1. The van der Waals surface area contributed by atoms with Crippen molar-refractivity contribution in [3.63, 3.8) is 0 Å². The zero-order valence-corrected chi connectivity index (χ0v) is 17.0. The van der Waals surface area contributed by atoms with Crippen LogP contribution in [0.1, 0.15) is 39.2 Å². The molecule has 1 heterocycles. The highest BCUT2D eigenvalue weighted by molar-refractivity contribution is 5.68. The molecule has 1 aliphatic rings. The second kappa shape index (κ2) is 9.00. The highest BCUT2D eigenvalue weighted by atomic mass is 16.6. The van der Waals surface area contributed by atoms with E-state index < -0.39 is 5.60 Å². The number of ether oxygens (including phenoxy) is 2. The van der Waals surface area contributed by atoms with Crippen molar-refractivity contribution in [3.8, 4) is 5.75 Å². The predicted octanol–water partition coefficient (Wildman–Crippen LogP) is 4.76. The summed E-state index contributed by atoms with van der Waals surface area (Å²) in [4.78, 5) is 14.4. The van der Waals surface area contributed by atoms with Gasteiger partial charge < -0.3 is 19.7 Å². The average Bonchev–Trinajstić information content (AvgIpc) is 2.66. The smallest absolute Gasteiger partial charge is 0.407 e. The maximum atomic E-state index is 12.1. The minimum atomic E-state index is -0.483. The van der Waals surface area contributed by atoms with Crippen LogP contribution in [0.4, 0.5) is 10.5 Å². The van der Waals surface area contributed by atoms with E-state index in [1.54, 1.807) is 0 Å². The summed E-state index contributed by atoms with van der Waals surface area (Å²) in [7, 11) is 0. The highest BCUT2D eigenvalue weighted by Gasteiger charge is 2.24. The van der Waals surface area contributed by atoms with Crippen LogP contribution in [-0.2, 0) is 11.3 Å². The molecule has 0 aromatic heterocycles. The van der Waals surface area contributed by atoms with E-state index in [-0.39, 0.29) is 12.1 Å². The Morgan fingerprint density at radius 1 is 1.14 bits per heavy atom. The molecule has 2 aromatic carbocycles. The molecule has 1 amide bonds. The Balaban J connectivity index is 1.57. The van der Waals surface area contributed by atoms with Crippen molar-refractivity contribution >= 4 is 11.8 Å². The van der Waals surface area contributed by atoms with Crippen LogP contribution in [0.5, 0.6) is 5.75 Å². The number of nitrogens with one attached hydrogen (secondary N) is 1. The molecule has 1 saturated heterocycles. The Bertz CT molecular complexity index is 771. The number of piperidine rings is 1. The number of hydrogen-bond acceptors (Lipinski definition) is 4. The fourth-order valence-electron chi connectivity index (χ4n) is 3.31. The molecule has 1 aliphatic heterocycles. The van der Waals surface area contributed by atoms with Gasteiger partial charge in [0.2, 0.25) is 0 Å². The van der Waals surface area contributed by atoms with Crippen molar-refractivity contribution in [3.05, 3.63) is 60.2 Å². The molecule has 1 unspecified atom stereocenters. The number of rotatable bonds is 5. The second-order valence-electron chi connectivity index (χ2n) is 8.20. The molecule has 1 atom stereocenters. The number of carbonyl (C=O) groups is 1. The molecule has 5 nitrogen and oxygen atoms in total. The van der Waals surface area contributed by atoms with E-state index in [2.05, 4.69) is 34.5 Å². The van der Waals surface area contributed by atoms with E-state index in [0.717, 1.165) is 42.9 Å². The summed E-state index contributed by atoms with van der Waals surface area (Å²) in [5, 5.41) is 3.00. The molecule has 150 valence electrons. The molecule has 0 aliphatic carbocycles. The maximum absolute atomic E-state index is 12.1. The number of nitrogens with zero attached hydrogens (tertiary/aromatic N) is 1. The summed E-state index contributed by atoms with van der Waals surface area (Å²) in [5.74, 6) is 0.851. The van der Waals surface area contributed by atoms with Crippen LogP contribution in [-0.4, -0.2) is 30.8 Å². The van der Waals surface area contributed by atoms with Crippen molar-refractivity contribution in [1.29, 1.82) is 0 Å². The van der Waals surface area contributed by atoms with Gasteiger partial charge in [0.15, 0.2) is 0 Å². The van der Waals surface area contributed by atoms with Gasteiger partial charge in [-0.25, -0.2) is 4.79 Å². The third kappa shape index (κ3) is 6.19. The van der Waals surface area contributed by atoms with Crippen LogP contribution < -0.4 is 15.0 Å². The zero-order valence-electron chi connectivity index (χ0n) is 17.0. The standard InChI is InChI=1S/C23H30N2O3/c1-23(2,3)28-22(26)24-19-11-8-14-25(16-19)20-12-7-13-21(15-20)27-17-18-9-5-4-6-10-18/h4-7,9-10,12-13,15,19H,8,11,14,16-17H2,1-3H3,(H,24,26). The molecule has 0 bridgehead atoms. The van der Waals surface area contributed by atoms with Crippen molar-refractivity contribution in [1.82, 2.24) is 5.32 Å². The number of benzene rings is 2. The Morgan fingerprint density at radius 2 is 1.93 bits per heavy atom. The van der Waals surface area contributed by atoms with Gasteiger partial charge in [-0.1, -0.05) is 36.4 Å². The van der Waals surface area contributed by atoms with Crippen molar-refractivity contribution in [2.75, 3.05) is 18.0 Å². The first kappa shape index (κ1) is 20.1. The fraction of sp³-hybridized carbons (Fsp3) is 0.435. The van der Waals surface area contributed by atoms with Gasteiger partial charge in [0, 0.05) is 30.9 Å². The van der Waals surface area contributed by atoms with Crippen molar-refractivity contribution in [2.45, 2.75) is 51.9 Å². The van der Waals surface area contributed by atoms with Gasteiger partial charge in [0.25, 0.3) is 0 Å². The van der Waals surface area contributed by atoms with E-state index in [0.29, 0.717) is 6.61 Å². The molecule has 0 spiro atoms. The van der Waals surface area contributed by atoms with Gasteiger partial charge in [-0.2, -0.15) is 0 Å². The fourth-order valence-corrected chi connectivity index (χ4v) is 3.31. The molecule has 0 saturated carbocycles. The monoisotopic (exact) mass is 382 g/mol. The maximum Gasteiger partial charge on any atom is 0.407 e. The summed E-state index contributed by atoms with van der Waals surface area (Å²) < 4.78 is 11.3. The molecular formula is C23H30N2O3. The predicted molar refractivity (Wildman–Crippen MR) is 112 cm³/mol. The third-order valence-electron chi connectivity index (χ3n) is 4.57. The molecule has 1 N–H and O–H groups in total. The highest BCUT2D eigenvalue weighted by Crippen LogP contribution is 2.25. The Labute approximate surface area is 167 Å². The number of anilines is 1. The summed E-state index contributed by atoms with van der Waals surface area (Å²) in [5.41, 5.74) is 1.77. The number of carbonyl (C=O) groups excluding carboxylic acids is 1. The summed E-state index contributed by atoms with van der Waals surface area (Å²) in [6.07, 6.45) is 1.63. The van der Waals surface area contributed by atoms with Crippen LogP contribution in [0.15, 0.2) is 54.6 Å². The molecule has 5 heteroatoms. The lowest BCUT2D eigenvalue weighted by atomic mass is 10.0. The van der Waals surface area contributed by atoms with E-state index in [1.807, 2.05) is 51.1 Å². The van der Waals surface area contributed by atoms with Crippen LogP contribution >= 0.6 is 0 Å². The second-order valence-corrected chi connectivity index (χ2v) is 8.20. The molecule has 28 heavy (non-hydrogen) atoms. The van der Waals surface area contributed by atoms with Crippen molar-refractivity contribution in [2.24, 2.45) is 0 Å². The third-order valence-corrected chi connectivity index (χ3v) is 4.57. The minimum absolute atomic E-state index is 0.0810. The van der Waals surface area contributed by atoms with Crippen LogP contribution in [0.2, 0.25) is 0 Å². The van der Waals surface area contributed by atoms with Gasteiger partial charge in [0.1, 0.15) is 18.0 Å². The lowest BCUT2D eigenvalue weighted by Crippen LogP contribution is -2.49. The molecule has 2 aromatic rings. The lowest BCUT2D eigenvalue weighted by molar-refractivity contribution is 0.0500. The lowest BCUT2D eigenvalue weighted by Gasteiger charge is -2.35. The molecule has 0 radical (unpaired) electrons. The van der Waals surface area contributed by atoms with Crippen LogP contribution in [0, 0.1) is 0 Å². The van der Waals surface area contributed by atoms with Gasteiger partial charge in [-0.3, -0.25) is 0 Å². The average molecular weight is 383 g/mol. The number of amides is 1. The Hall–Kier alpha value is -2.69. The minimum Gasteiger partial charge on any atom is -0.489 e. The van der Waals surface area contributed by atoms with Crippen molar-refractivity contribution < 1.29 is 14.3 Å². The molecular weight excluding hydrogens is 352 g/mol. The molecule has 3 rings (SSSR count).